The first-order valence-electron chi connectivity index (χ1n) is 8.60. The average Bonchev–Trinajstić information content (AvgIpc) is 3.07. The summed E-state index contributed by atoms with van der Waals surface area (Å²) < 4.78 is 52.4. The highest BCUT2D eigenvalue weighted by atomic mass is 127. The number of H-pyrrole nitrogens is 1. The number of imidazole rings is 1. The summed E-state index contributed by atoms with van der Waals surface area (Å²) >= 11 is 0. The van der Waals surface area contributed by atoms with E-state index >= 15 is 0 Å². The van der Waals surface area contributed by atoms with Crippen molar-refractivity contribution in [2.45, 2.75) is 19.1 Å². The van der Waals surface area contributed by atoms with Gasteiger partial charge in [0.05, 0.1) is 16.6 Å². The van der Waals surface area contributed by atoms with Crippen LogP contribution < -0.4 is 10.6 Å². The van der Waals surface area contributed by atoms with E-state index < -0.39 is 17.6 Å². The van der Waals surface area contributed by atoms with E-state index in [0.717, 1.165) is 29.0 Å². The van der Waals surface area contributed by atoms with Crippen LogP contribution in [0.2, 0.25) is 0 Å². The zero-order valence-electron chi connectivity index (χ0n) is 15.5. The number of benzene rings is 2. The number of hydrogen-bond donors (Lipinski definition) is 3. The molecule has 0 atom stereocenters. The zero-order chi connectivity index (χ0) is 20.1. The quantitative estimate of drug-likeness (QED) is 0.204. The van der Waals surface area contributed by atoms with Crippen molar-refractivity contribution in [3.8, 4) is 0 Å². The minimum Gasteiger partial charge on any atom is -0.356 e. The Kier molecular flexibility index (Phi) is 7.82. The van der Waals surface area contributed by atoms with Gasteiger partial charge in [-0.15, -0.1) is 24.0 Å². The van der Waals surface area contributed by atoms with Crippen LogP contribution in [0.4, 0.5) is 17.6 Å². The predicted molar refractivity (Wildman–Crippen MR) is 115 cm³/mol. The van der Waals surface area contributed by atoms with Crippen LogP contribution in [0.25, 0.3) is 11.0 Å². The minimum atomic E-state index is -4.63. The van der Waals surface area contributed by atoms with Crippen molar-refractivity contribution in [3.63, 3.8) is 0 Å². The number of nitrogens with one attached hydrogen (secondary N) is 3. The first kappa shape index (κ1) is 22.9. The number of guanidine groups is 1. The van der Waals surface area contributed by atoms with Gasteiger partial charge in [-0.1, -0.05) is 18.2 Å². The molecule has 3 rings (SSSR count). The molecular formula is C19H20F4IN5. The van der Waals surface area contributed by atoms with Crippen LogP contribution in [0.3, 0.4) is 0 Å². The summed E-state index contributed by atoms with van der Waals surface area (Å²) in [4.78, 5) is 11.7. The maximum absolute atomic E-state index is 13.2. The second kappa shape index (κ2) is 9.90. The lowest BCUT2D eigenvalue weighted by molar-refractivity contribution is -0.138. The Morgan fingerprint density at radius 2 is 1.90 bits per heavy atom. The third-order valence-electron chi connectivity index (χ3n) is 4.14. The SMILES string of the molecule is CN=C(NCCc1nc2ccccc2[nH]1)NCc1ccc(F)cc1C(F)(F)F.I. The Morgan fingerprint density at radius 1 is 1.14 bits per heavy atom. The molecule has 2 aromatic carbocycles. The molecule has 0 radical (unpaired) electrons. The Bertz CT molecular complexity index is 951. The number of fused-ring (bicyclic) bond motifs is 1. The minimum absolute atomic E-state index is 0. The van der Waals surface area contributed by atoms with Crippen molar-refractivity contribution in [1.82, 2.24) is 20.6 Å². The molecule has 0 aliphatic heterocycles. The summed E-state index contributed by atoms with van der Waals surface area (Å²) in [6.07, 6.45) is -4.04. The van der Waals surface area contributed by atoms with E-state index in [1.165, 1.54) is 7.05 Å². The molecule has 0 bridgehead atoms. The monoisotopic (exact) mass is 521 g/mol. The van der Waals surface area contributed by atoms with Gasteiger partial charge in [-0.05, 0) is 29.8 Å². The normalized spacial score (nSPS) is 12.0. The molecule has 1 heterocycles. The molecule has 0 aliphatic rings. The van der Waals surface area contributed by atoms with Crippen molar-refractivity contribution in [2.24, 2.45) is 4.99 Å². The molecule has 3 N–H and O–H groups in total. The van der Waals surface area contributed by atoms with Crippen molar-refractivity contribution in [1.29, 1.82) is 0 Å². The molecule has 3 aromatic rings. The number of alkyl halides is 3. The number of halogens is 5. The highest BCUT2D eigenvalue weighted by molar-refractivity contribution is 14.0. The third kappa shape index (κ3) is 6.05. The number of rotatable bonds is 5. The number of para-hydroxylation sites is 2. The second-order valence-corrected chi connectivity index (χ2v) is 6.10. The van der Waals surface area contributed by atoms with E-state index in [1.54, 1.807) is 0 Å². The fourth-order valence-electron chi connectivity index (χ4n) is 2.79. The summed E-state index contributed by atoms with van der Waals surface area (Å²) in [6.45, 7) is 0.342. The van der Waals surface area contributed by atoms with Crippen molar-refractivity contribution < 1.29 is 17.6 Å². The van der Waals surface area contributed by atoms with Gasteiger partial charge >= 0.3 is 6.18 Å². The van der Waals surface area contributed by atoms with Crippen LogP contribution in [-0.2, 0) is 19.1 Å². The van der Waals surface area contributed by atoms with Gasteiger partial charge < -0.3 is 15.6 Å². The summed E-state index contributed by atoms with van der Waals surface area (Å²) in [7, 11) is 1.52. The second-order valence-electron chi connectivity index (χ2n) is 6.10. The van der Waals surface area contributed by atoms with Gasteiger partial charge in [0.15, 0.2) is 5.96 Å². The molecule has 156 valence electrons. The van der Waals surface area contributed by atoms with Gasteiger partial charge in [0.25, 0.3) is 0 Å². The molecule has 0 saturated heterocycles. The Balaban J connectivity index is 0.00000300. The molecule has 0 saturated carbocycles. The summed E-state index contributed by atoms with van der Waals surface area (Å²) in [5.74, 6) is 0.208. The molecule has 0 amide bonds. The van der Waals surface area contributed by atoms with Gasteiger partial charge in [-0.3, -0.25) is 4.99 Å². The summed E-state index contributed by atoms with van der Waals surface area (Å²) in [5.41, 5.74) is 0.749. The Morgan fingerprint density at radius 3 is 2.59 bits per heavy atom. The molecule has 5 nitrogen and oxygen atoms in total. The maximum Gasteiger partial charge on any atom is 0.416 e. The van der Waals surface area contributed by atoms with Crippen molar-refractivity contribution in [3.05, 3.63) is 65.2 Å². The molecule has 10 heteroatoms. The standard InChI is InChI=1S/C19H19F4N5.HI/c1-24-18(25-9-8-17-27-15-4-2-3-5-16(15)28-17)26-11-12-6-7-13(20)10-14(12)19(21,22)23;/h2-7,10H,8-9,11H2,1H3,(H,27,28)(H2,24,25,26);1H. The van der Waals surface area contributed by atoms with E-state index in [4.69, 9.17) is 0 Å². The zero-order valence-corrected chi connectivity index (χ0v) is 17.8. The first-order valence-corrected chi connectivity index (χ1v) is 8.60. The van der Waals surface area contributed by atoms with Crippen LogP contribution in [-0.4, -0.2) is 29.5 Å². The lowest BCUT2D eigenvalue weighted by Crippen LogP contribution is -2.38. The van der Waals surface area contributed by atoms with E-state index in [1.807, 2.05) is 24.3 Å². The summed E-state index contributed by atoms with van der Waals surface area (Å²) in [6, 6.07) is 10.3. The molecule has 0 unspecified atom stereocenters. The van der Waals surface area contributed by atoms with E-state index in [-0.39, 0.29) is 36.1 Å². The molecule has 0 aliphatic carbocycles. The van der Waals surface area contributed by atoms with Crippen molar-refractivity contribution in [2.75, 3.05) is 13.6 Å². The van der Waals surface area contributed by atoms with Gasteiger partial charge in [0.2, 0.25) is 0 Å². The lowest BCUT2D eigenvalue weighted by Gasteiger charge is -2.15. The van der Waals surface area contributed by atoms with Gasteiger partial charge in [0, 0.05) is 26.6 Å². The van der Waals surface area contributed by atoms with Crippen LogP contribution in [0.1, 0.15) is 17.0 Å². The summed E-state index contributed by atoms with van der Waals surface area (Å²) in [5, 5.41) is 5.84. The van der Waals surface area contributed by atoms with Crippen LogP contribution >= 0.6 is 24.0 Å². The van der Waals surface area contributed by atoms with Crippen molar-refractivity contribution >= 4 is 41.0 Å². The van der Waals surface area contributed by atoms with Gasteiger partial charge in [-0.2, -0.15) is 13.2 Å². The predicted octanol–water partition coefficient (Wildman–Crippen LogP) is 4.25. The smallest absolute Gasteiger partial charge is 0.356 e. The molecule has 0 fully saturated rings. The number of aromatic amines is 1. The molecular weight excluding hydrogens is 501 g/mol. The Labute approximate surface area is 182 Å². The lowest BCUT2D eigenvalue weighted by atomic mass is 10.1. The van der Waals surface area contributed by atoms with Crippen LogP contribution in [0.5, 0.6) is 0 Å². The number of hydrogen-bond acceptors (Lipinski definition) is 2. The molecule has 0 spiro atoms. The average molecular weight is 521 g/mol. The largest absolute Gasteiger partial charge is 0.416 e. The fourth-order valence-corrected chi connectivity index (χ4v) is 2.79. The van der Waals surface area contributed by atoms with Gasteiger partial charge in [-0.25, -0.2) is 9.37 Å². The van der Waals surface area contributed by atoms with E-state index in [0.29, 0.717) is 25.0 Å². The highest BCUT2D eigenvalue weighted by Crippen LogP contribution is 2.32. The van der Waals surface area contributed by atoms with E-state index in [2.05, 4.69) is 25.6 Å². The molecule has 29 heavy (non-hydrogen) atoms. The van der Waals surface area contributed by atoms with Crippen LogP contribution in [0, 0.1) is 5.82 Å². The van der Waals surface area contributed by atoms with E-state index in [9.17, 15) is 17.6 Å². The maximum atomic E-state index is 13.2. The number of aliphatic imine (C=N–C) groups is 1. The van der Waals surface area contributed by atoms with Crippen LogP contribution in [0.15, 0.2) is 47.5 Å². The topological polar surface area (TPSA) is 65.1 Å². The molecule has 1 aromatic heterocycles. The van der Waals surface area contributed by atoms with Gasteiger partial charge in [0.1, 0.15) is 11.6 Å². The Hall–Kier alpha value is -2.37. The third-order valence-corrected chi connectivity index (χ3v) is 4.14. The first-order chi connectivity index (χ1) is 13.4. The fraction of sp³-hybridized carbons (Fsp3) is 0.263. The number of nitrogens with zero attached hydrogens (tertiary/aromatic N) is 2. The highest BCUT2D eigenvalue weighted by Gasteiger charge is 2.33. The number of aromatic nitrogens is 2.